The molecule has 1 atom stereocenters. The number of hydrogen-bond donors (Lipinski definition) is 2. The van der Waals surface area contributed by atoms with Crippen LogP contribution < -0.4 is 52.8 Å². The summed E-state index contributed by atoms with van der Waals surface area (Å²) in [6.07, 6.45) is 0. The van der Waals surface area contributed by atoms with Crippen LogP contribution in [0.4, 0.5) is 0 Å². The Labute approximate surface area is 494 Å². The van der Waals surface area contributed by atoms with Crippen LogP contribution in [0.5, 0.6) is 11.5 Å². The van der Waals surface area contributed by atoms with Gasteiger partial charge in [0.1, 0.15) is 11.5 Å². The fourth-order valence-electron chi connectivity index (χ4n) is 11.4. The molecule has 10 aromatic carbocycles. The van der Waals surface area contributed by atoms with E-state index in [1.807, 2.05) is 48.5 Å². The van der Waals surface area contributed by atoms with Crippen LogP contribution in [0.25, 0.3) is 32.7 Å². The molecule has 9 heteroatoms. The first-order chi connectivity index (χ1) is 38.4. The van der Waals surface area contributed by atoms with Gasteiger partial charge in [0, 0.05) is 6.04 Å². The van der Waals surface area contributed by atoms with Gasteiger partial charge in [0.25, 0.3) is 0 Å². The molecule has 10 rings (SSSR count). The number of hydrogen-bond acceptors (Lipinski definition) is 4. The van der Waals surface area contributed by atoms with E-state index in [0.717, 1.165) is 22.6 Å². The Balaban J connectivity index is 0.000000270. The molecule has 0 aromatic heterocycles. The standard InChI is InChI=1S/C52H48P2.C19H26N2O2.2ClH.Ru/c1-33-21-34(2)26-43(25-33)53(44-27-35(3)22-36(4)28-44)49-19-17-41-13-9-11-15-47(41)51(49)52-48-16-12-10-14-42(48)18-20-50(52)54(45-29-37(5)23-38(6)30-45)46-31-39(7)24-40(8)32-46;1-13(2)18(20)19(21,14-5-9-16(22-3)10-6-14)15-7-11-17(23-4)12-8-15;;;/h9-32H,1-8H3;5-13,18H,20-21H2,1-4H3;2*1H;/q;;;;+4/p-2/t;18-;;;/m.1.../s1. The molecule has 0 heterocycles. The zero-order valence-corrected chi connectivity index (χ0v) is 53.1. The van der Waals surface area contributed by atoms with Crippen LogP contribution in [0.3, 0.4) is 0 Å². The third-order valence-electron chi connectivity index (χ3n) is 14.8. The summed E-state index contributed by atoms with van der Waals surface area (Å²) in [7, 11) is 11.1. The van der Waals surface area contributed by atoms with Gasteiger partial charge < -0.3 is 20.9 Å². The van der Waals surface area contributed by atoms with Crippen molar-refractivity contribution < 1.29 is 24.6 Å². The van der Waals surface area contributed by atoms with E-state index in [9.17, 15) is 0 Å². The number of nitrogens with two attached hydrogens (primary N) is 2. The second kappa shape index (κ2) is 26.9. The molecule has 0 amide bonds. The molecule has 0 saturated carbocycles. The van der Waals surface area contributed by atoms with Crippen LogP contribution >= 0.6 is 35.2 Å². The average Bonchev–Trinajstić information content (AvgIpc) is 3.62. The van der Waals surface area contributed by atoms with Gasteiger partial charge in [0.05, 0.1) is 19.8 Å². The van der Waals surface area contributed by atoms with Gasteiger partial charge in [-0.05, 0) is 177 Å². The maximum absolute atomic E-state index is 6.86. The van der Waals surface area contributed by atoms with Gasteiger partial charge in [-0.2, -0.15) is 0 Å². The third-order valence-corrected chi connectivity index (χ3v) is 19.6. The molecule has 80 heavy (non-hydrogen) atoms. The Morgan fingerprint density at radius 1 is 0.412 bits per heavy atom. The number of benzene rings is 10. The van der Waals surface area contributed by atoms with Crippen molar-refractivity contribution in [3.05, 3.63) is 250 Å². The van der Waals surface area contributed by atoms with E-state index in [1.54, 1.807) is 14.2 Å². The molecule has 410 valence electrons. The normalized spacial score (nSPS) is 11.8. The Morgan fingerprint density at radius 2 is 0.688 bits per heavy atom. The van der Waals surface area contributed by atoms with Gasteiger partial charge >= 0.3 is 34.5 Å². The van der Waals surface area contributed by atoms with Crippen LogP contribution in [0, 0.1) is 61.3 Å². The molecule has 10 aromatic rings. The van der Waals surface area contributed by atoms with Crippen LogP contribution in [0.15, 0.2) is 194 Å². The van der Waals surface area contributed by atoms with E-state index in [0.29, 0.717) is 0 Å². The molecule has 0 aliphatic heterocycles. The molecule has 4 nitrogen and oxygen atoms in total. The van der Waals surface area contributed by atoms with E-state index in [1.165, 1.54) is 109 Å². The van der Waals surface area contributed by atoms with Gasteiger partial charge in [-0.15, -0.1) is 0 Å². The summed E-state index contributed by atoms with van der Waals surface area (Å²) >= 11 is -0.346. The van der Waals surface area contributed by atoms with Crippen LogP contribution in [0.2, 0.25) is 0 Å². The number of halogens is 2. The summed E-state index contributed by atoms with van der Waals surface area (Å²) in [5, 5.41) is 13.6. The zero-order valence-electron chi connectivity index (χ0n) is 48.1. The van der Waals surface area contributed by atoms with Gasteiger partial charge in [0.2, 0.25) is 0 Å². The third kappa shape index (κ3) is 13.6. The minimum atomic E-state index is -0.937. The van der Waals surface area contributed by atoms with Gasteiger partial charge in [-0.3, -0.25) is 0 Å². The van der Waals surface area contributed by atoms with Crippen LogP contribution in [0.1, 0.15) is 69.5 Å². The van der Waals surface area contributed by atoms with E-state index in [2.05, 4.69) is 215 Å². The molecule has 0 aliphatic rings. The first-order valence-electron chi connectivity index (χ1n) is 27.0. The first-order valence-corrected chi connectivity index (χ1v) is 34.2. The Bertz CT molecular complexity index is 3350. The Hall–Kier alpha value is -5.70. The summed E-state index contributed by atoms with van der Waals surface area (Å²) in [5.74, 6) is 1.82. The Morgan fingerprint density at radius 3 is 0.950 bits per heavy atom. The van der Waals surface area contributed by atoms with E-state index < -0.39 is 21.4 Å². The zero-order chi connectivity index (χ0) is 57.4. The topological polar surface area (TPSA) is 70.5 Å². The summed E-state index contributed by atoms with van der Waals surface area (Å²) < 4.78 is 10.5. The van der Waals surface area contributed by atoms with Crippen molar-refractivity contribution in [2.45, 2.75) is 80.8 Å². The van der Waals surface area contributed by atoms with Crippen LogP contribution in [-0.2, 0) is 20.7 Å². The number of ether oxygens (including phenoxy) is 2. The first kappa shape index (κ1) is 60.4. The predicted molar refractivity (Wildman–Crippen MR) is 348 cm³/mol. The Kier molecular flexibility index (Phi) is 20.3. The average molecular weight is 1220 g/mol. The predicted octanol–water partition coefficient (Wildman–Crippen LogP) is 15.9. The molecule has 0 radical (unpaired) electrons. The van der Waals surface area contributed by atoms with Crippen molar-refractivity contribution in [3.63, 3.8) is 0 Å². The van der Waals surface area contributed by atoms with Gasteiger partial charge in [-0.25, -0.2) is 0 Å². The van der Waals surface area contributed by atoms with Crippen LogP contribution in [-0.4, -0.2) is 20.3 Å². The second-order valence-electron chi connectivity index (χ2n) is 21.6. The summed E-state index contributed by atoms with van der Waals surface area (Å²) in [6.45, 7) is 22.1. The molecule has 0 unspecified atom stereocenters. The molecule has 0 aliphatic carbocycles. The van der Waals surface area contributed by atoms with E-state index >= 15 is 0 Å². The quantitative estimate of drug-likeness (QED) is 0.0891. The number of methoxy groups -OCH3 is 2. The number of fused-ring (bicyclic) bond motifs is 2. The fourth-order valence-corrected chi connectivity index (χ4v) is 17.1. The minimum absolute atomic E-state index is 0.226. The molecule has 0 bridgehead atoms. The fraction of sp³-hybridized carbons (Fsp3) is 0.211. The van der Waals surface area contributed by atoms with Crippen molar-refractivity contribution in [2.24, 2.45) is 17.4 Å². The summed E-state index contributed by atoms with van der Waals surface area (Å²) in [4.78, 5) is 0. The van der Waals surface area contributed by atoms with Crippen molar-refractivity contribution in [1.82, 2.24) is 0 Å². The van der Waals surface area contributed by atoms with Gasteiger partial charge in [-0.1, -0.05) is 228 Å². The van der Waals surface area contributed by atoms with E-state index in [4.69, 9.17) is 40.3 Å². The molecule has 0 spiro atoms. The van der Waals surface area contributed by atoms with Crippen molar-refractivity contribution in [1.29, 1.82) is 0 Å². The van der Waals surface area contributed by atoms with Gasteiger partial charge in [0.15, 0.2) is 0 Å². The van der Waals surface area contributed by atoms with Crippen molar-refractivity contribution >= 4 is 88.6 Å². The maximum atomic E-state index is 6.86. The summed E-state index contributed by atoms with van der Waals surface area (Å²) in [5.41, 5.74) is 27.7. The molecular weight excluding hydrogens is 1150 g/mol. The van der Waals surface area contributed by atoms with Crippen molar-refractivity contribution in [3.8, 4) is 22.6 Å². The summed E-state index contributed by atoms with van der Waals surface area (Å²) in [6, 6.07) is 71.9. The number of rotatable bonds is 13. The van der Waals surface area contributed by atoms with Crippen molar-refractivity contribution in [2.75, 3.05) is 14.2 Å². The number of aryl methyl sites for hydroxylation is 8. The SMILES string of the molecule is COc1ccc(C(N)(c2ccc(OC)cc2)[C@H](N)C(C)C)cc1.Cc1cc(C)cc(P(c2cc(C)cc(C)c2)c2ccc3ccccc3c2-c2c(P(c3cc(C)cc(C)c3)c3cc(C)cc(C)c3)ccc3ccccc23)c1.[Cl][Ru+2][Cl]. The monoisotopic (exact) mass is 1220 g/mol. The molecular formula is C71H74Cl2N2O2P2Ru+2. The van der Waals surface area contributed by atoms with E-state index in [-0.39, 0.29) is 27.1 Å². The second-order valence-corrected chi connectivity index (χ2v) is 28.6. The molecule has 4 N–H and O–H groups in total. The molecule has 0 fully saturated rings. The molecule has 0 saturated heterocycles.